The first-order chi connectivity index (χ1) is 7.79. The normalized spacial score (nSPS) is 10.1. The van der Waals surface area contributed by atoms with Gasteiger partial charge in [0, 0.05) is 0 Å². The summed E-state index contributed by atoms with van der Waals surface area (Å²) in [5.74, 6) is 0.765. The Morgan fingerprint density at radius 2 is 2.06 bits per heavy atom. The molecule has 0 aliphatic heterocycles. The molecule has 0 unspecified atom stereocenters. The lowest BCUT2D eigenvalue weighted by Gasteiger charge is -2.09. The van der Waals surface area contributed by atoms with Crippen LogP contribution in [0.5, 0.6) is 5.75 Å². The number of Topliss-reactive ketones (excluding diaryl/α,β-unsaturated/α-hetero) is 1. The monoisotopic (exact) mass is 221 g/mol. The number of hydrogen-bond acceptors (Lipinski definition) is 3. The number of carbonyl (C=O) groups is 1. The van der Waals surface area contributed by atoms with Crippen LogP contribution in [0.1, 0.15) is 30.6 Å². The van der Waals surface area contributed by atoms with Crippen LogP contribution in [0, 0.1) is 0 Å². The third-order valence-corrected chi connectivity index (χ3v) is 2.18. The summed E-state index contributed by atoms with van der Waals surface area (Å²) in [5.41, 5.74) is 0.664. The molecule has 1 rings (SSSR count). The Hall–Kier alpha value is -1.35. The zero-order valence-electron chi connectivity index (χ0n) is 9.95. The molecule has 3 nitrogen and oxygen atoms in total. The minimum atomic E-state index is 0.0774. The maximum absolute atomic E-state index is 11.8. The lowest BCUT2D eigenvalue weighted by molar-refractivity contribution is 0.0988. The van der Waals surface area contributed by atoms with Crippen LogP contribution >= 0.6 is 0 Å². The summed E-state index contributed by atoms with van der Waals surface area (Å²) in [7, 11) is 0. The summed E-state index contributed by atoms with van der Waals surface area (Å²) in [4.78, 5) is 11.8. The summed E-state index contributed by atoms with van der Waals surface area (Å²) >= 11 is 0. The first kappa shape index (κ1) is 12.7. The molecule has 0 aromatic heterocycles. The number of hydrogen-bond donors (Lipinski definition) is 1. The molecule has 0 amide bonds. The van der Waals surface area contributed by atoms with Crippen molar-refractivity contribution in [2.24, 2.45) is 0 Å². The van der Waals surface area contributed by atoms with Gasteiger partial charge in [-0.1, -0.05) is 26.0 Å². The van der Waals surface area contributed by atoms with Gasteiger partial charge in [-0.2, -0.15) is 0 Å². The number of nitrogens with one attached hydrogen (secondary N) is 1. The van der Waals surface area contributed by atoms with E-state index in [4.69, 9.17) is 4.74 Å². The van der Waals surface area contributed by atoms with Crippen molar-refractivity contribution in [3.63, 3.8) is 0 Å². The quantitative estimate of drug-likeness (QED) is 0.718. The third-order valence-electron chi connectivity index (χ3n) is 2.18. The van der Waals surface area contributed by atoms with Crippen molar-refractivity contribution in [2.75, 3.05) is 19.7 Å². The van der Waals surface area contributed by atoms with E-state index in [9.17, 15) is 4.79 Å². The standard InChI is InChI=1S/C13H19NO2/c1-3-9-16-13-8-6-5-7-11(13)12(15)10-14-4-2/h5-8,14H,3-4,9-10H2,1-2H3. The van der Waals surface area contributed by atoms with Crippen LogP contribution in [0.3, 0.4) is 0 Å². The summed E-state index contributed by atoms with van der Waals surface area (Å²) in [6.45, 7) is 5.83. The van der Waals surface area contributed by atoms with Gasteiger partial charge in [-0.3, -0.25) is 4.79 Å². The number of para-hydroxylation sites is 1. The predicted molar refractivity (Wildman–Crippen MR) is 65.1 cm³/mol. The third kappa shape index (κ3) is 3.66. The topological polar surface area (TPSA) is 38.3 Å². The molecule has 1 aromatic carbocycles. The molecule has 1 N–H and O–H groups in total. The second kappa shape index (κ2) is 7.01. The lowest BCUT2D eigenvalue weighted by Crippen LogP contribution is -2.23. The van der Waals surface area contributed by atoms with Crippen molar-refractivity contribution in [1.29, 1.82) is 0 Å². The van der Waals surface area contributed by atoms with E-state index < -0.39 is 0 Å². The lowest BCUT2D eigenvalue weighted by atomic mass is 10.1. The summed E-state index contributed by atoms with van der Waals surface area (Å²) < 4.78 is 5.54. The molecule has 0 aliphatic carbocycles. The van der Waals surface area contributed by atoms with E-state index in [0.717, 1.165) is 13.0 Å². The van der Waals surface area contributed by atoms with Crippen molar-refractivity contribution in [2.45, 2.75) is 20.3 Å². The molecule has 88 valence electrons. The Morgan fingerprint density at radius 3 is 2.75 bits per heavy atom. The Kier molecular flexibility index (Phi) is 5.57. The minimum absolute atomic E-state index is 0.0774. The average Bonchev–Trinajstić information content (AvgIpc) is 2.33. The van der Waals surface area contributed by atoms with E-state index in [1.54, 1.807) is 0 Å². The molecule has 0 spiro atoms. The highest BCUT2D eigenvalue weighted by Crippen LogP contribution is 2.18. The molecule has 0 saturated heterocycles. The molecule has 1 aromatic rings. The van der Waals surface area contributed by atoms with Gasteiger partial charge in [-0.05, 0) is 25.1 Å². The van der Waals surface area contributed by atoms with Gasteiger partial charge in [0.1, 0.15) is 5.75 Å². The predicted octanol–water partition coefficient (Wildman–Crippen LogP) is 2.27. The second-order valence-corrected chi connectivity index (χ2v) is 3.55. The Morgan fingerprint density at radius 1 is 1.31 bits per heavy atom. The zero-order valence-corrected chi connectivity index (χ0v) is 9.95. The summed E-state index contributed by atoms with van der Waals surface area (Å²) in [6.07, 6.45) is 0.940. The maximum Gasteiger partial charge on any atom is 0.180 e. The van der Waals surface area contributed by atoms with E-state index in [2.05, 4.69) is 5.32 Å². The fourth-order valence-electron chi connectivity index (χ4n) is 1.37. The zero-order chi connectivity index (χ0) is 11.8. The van der Waals surface area contributed by atoms with Crippen LogP contribution in [0.4, 0.5) is 0 Å². The molecule has 0 heterocycles. The molecule has 16 heavy (non-hydrogen) atoms. The van der Waals surface area contributed by atoms with Gasteiger partial charge >= 0.3 is 0 Å². The highest BCUT2D eigenvalue weighted by molar-refractivity contribution is 6.00. The van der Waals surface area contributed by atoms with Crippen molar-refractivity contribution < 1.29 is 9.53 Å². The maximum atomic E-state index is 11.8. The first-order valence-electron chi connectivity index (χ1n) is 5.75. The van der Waals surface area contributed by atoms with Crippen LogP contribution < -0.4 is 10.1 Å². The summed E-state index contributed by atoms with van der Waals surface area (Å²) in [5, 5.41) is 3.02. The van der Waals surface area contributed by atoms with Crippen LogP contribution in [-0.2, 0) is 0 Å². The van der Waals surface area contributed by atoms with Crippen molar-refractivity contribution >= 4 is 5.78 Å². The van der Waals surface area contributed by atoms with Gasteiger partial charge in [-0.15, -0.1) is 0 Å². The van der Waals surface area contributed by atoms with Crippen molar-refractivity contribution in [1.82, 2.24) is 5.32 Å². The molecular formula is C13H19NO2. The Bertz CT molecular complexity index is 336. The number of likely N-dealkylation sites (N-methyl/N-ethyl adjacent to an activating group) is 1. The average molecular weight is 221 g/mol. The summed E-state index contributed by atoms with van der Waals surface area (Å²) in [6, 6.07) is 7.40. The van der Waals surface area contributed by atoms with E-state index in [1.165, 1.54) is 0 Å². The number of carbonyl (C=O) groups excluding carboxylic acids is 1. The van der Waals surface area contributed by atoms with Gasteiger partial charge in [-0.25, -0.2) is 0 Å². The van der Waals surface area contributed by atoms with Gasteiger partial charge < -0.3 is 10.1 Å². The molecule has 0 aliphatic rings. The van der Waals surface area contributed by atoms with Crippen LogP contribution in [0.15, 0.2) is 24.3 Å². The number of benzene rings is 1. The fraction of sp³-hybridized carbons (Fsp3) is 0.462. The largest absolute Gasteiger partial charge is 0.493 e. The minimum Gasteiger partial charge on any atom is -0.493 e. The van der Waals surface area contributed by atoms with E-state index >= 15 is 0 Å². The van der Waals surface area contributed by atoms with Crippen molar-refractivity contribution in [3.8, 4) is 5.75 Å². The molecule has 0 radical (unpaired) electrons. The van der Waals surface area contributed by atoms with Gasteiger partial charge in [0.25, 0.3) is 0 Å². The Labute approximate surface area is 96.8 Å². The molecule has 0 atom stereocenters. The highest BCUT2D eigenvalue weighted by atomic mass is 16.5. The second-order valence-electron chi connectivity index (χ2n) is 3.55. The highest BCUT2D eigenvalue weighted by Gasteiger charge is 2.10. The van der Waals surface area contributed by atoms with E-state index in [-0.39, 0.29) is 5.78 Å². The number of ketones is 1. The van der Waals surface area contributed by atoms with Gasteiger partial charge in [0.2, 0.25) is 0 Å². The smallest absolute Gasteiger partial charge is 0.180 e. The van der Waals surface area contributed by atoms with Gasteiger partial charge in [0.05, 0.1) is 18.7 Å². The van der Waals surface area contributed by atoms with E-state index in [0.29, 0.717) is 24.5 Å². The fourth-order valence-corrected chi connectivity index (χ4v) is 1.37. The van der Waals surface area contributed by atoms with Crippen LogP contribution in [0.25, 0.3) is 0 Å². The molecule has 0 bridgehead atoms. The van der Waals surface area contributed by atoms with E-state index in [1.807, 2.05) is 38.1 Å². The number of ether oxygens (including phenoxy) is 1. The van der Waals surface area contributed by atoms with Gasteiger partial charge in [0.15, 0.2) is 5.78 Å². The number of rotatable bonds is 7. The first-order valence-corrected chi connectivity index (χ1v) is 5.75. The molecule has 0 saturated carbocycles. The Balaban J connectivity index is 2.73. The van der Waals surface area contributed by atoms with Crippen LogP contribution in [0.2, 0.25) is 0 Å². The molecule has 3 heteroatoms. The molecule has 0 fully saturated rings. The molecular weight excluding hydrogens is 202 g/mol. The van der Waals surface area contributed by atoms with Crippen LogP contribution in [-0.4, -0.2) is 25.5 Å². The SMILES string of the molecule is CCCOc1ccccc1C(=O)CNCC. The van der Waals surface area contributed by atoms with Crippen molar-refractivity contribution in [3.05, 3.63) is 29.8 Å².